The van der Waals surface area contributed by atoms with Crippen molar-refractivity contribution < 1.29 is 23.1 Å². The molecule has 0 saturated heterocycles. The number of hydrogen-bond donors (Lipinski definition) is 2. The molecule has 0 amide bonds. The second-order valence-electron chi connectivity index (χ2n) is 4.06. The van der Waals surface area contributed by atoms with Crippen LogP contribution < -0.4 is 0 Å². The molecule has 3 nitrogen and oxygen atoms in total. The van der Waals surface area contributed by atoms with Crippen molar-refractivity contribution in [3.05, 3.63) is 58.9 Å². The second kappa shape index (κ2) is 5.24. The molecule has 1 heterocycles. The molecule has 0 aliphatic heterocycles. The lowest BCUT2D eigenvalue weighted by Gasteiger charge is -2.03. The zero-order chi connectivity index (χ0) is 14.8. The number of benzene rings is 1. The van der Waals surface area contributed by atoms with Gasteiger partial charge in [0.2, 0.25) is 0 Å². The predicted octanol–water partition coefficient (Wildman–Crippen LogP) is 3.90. The molecule has 2 rings (SSSR count). The van der Waals surface area contributed by atoms with Crippen molar-refractivity contribution in [2.24, 2.45) is 0 Å². The van der Waals surface area contributed by atoms with Gasteiger partial charge in [0.15, 0.2) is 0 Å². The van der Waals surface area contributed by atoms with Gasteiger partial charge in [-0.2, -0.15) is 13.2 Å². The average molecular weight is 281 g/mol. The maximum absolute atomic E-state index is 12.7. The van der Waals surface area contributed by atoms with E-state index in [4.69, 9.17) is 5.11 Å². The van der Waals surface area contributed by atoms with Crippen LogP contribution in [0.2, 0.25) is 0 Å². The fourth-order valence-electron chi connectivity index (χ4n) is 1.71. The van der Waals surface area contributed by atoms with Gasteiger partial charge >= 0.3 is 12.1 Å². The predicted molar refractivity (Wildman–Crippen MR) is 68.1 cm³/mol. The van der Waals surface area contributed by atoms with Gasteiger partial charge in [-0.25, -0.2) is 4.79 Å². The third-order valence-corrected chi connectivity index (χ3v) is 2.61. The fourth-order valence-corrected chi connectivity index (χ4v) is 1.71. The highest BCUT2D eigenvalue weighted by Crippen LogP contribution is 2.33. The SMILES string of the molecule is O=C(O)c1[nH]c(/C=C/c2ccccc2)cc1C(F)(F)F. The van der Waals surface area contributed by atoms with Crippen molar-refractivity contribution in [3.63, 3.8) is 0 Å². The summed E-state index contributed by atoms with van der Waals surface area (Å²) in [6, 6.07) is 9.74. The van der Waals surface area contributed by atoms with E-state index < -0.39 is 23.4 Å². The molecule has 0 fully saturated rings. The van der Waals surface area contributed by atoms with Crippen molar-refractivity contribution in [1.29, 1.82) is 0 Å². The summed E-state index contributed by atoms with van der Waals surface area (Å²) in [5.41, 5.74) is -1.16. The van der Waals surface area contributed by atoms with E-state index in [0.717, 1.165) is 11.6 Å². The lowest BCUT2D eigenvalue weighted by atomic mass is 10.2. The minimum Gasteiger partial charge on any atom is -0.477 e. The van der Waals surface area contributed by atoms with Crippen LogP contribution in [-0.4, -0.2) is 16.1 Å². The first-order chi connectivity index (χ1) is 9.38. The van der Waals surface area contributed by atoms with Crippen molar-refractivity contribution in [1.82, 2.24) is 4.98 Å². The van der Waals surface area contributed by atoms with Crippen LogP contribution in [0.3, 0.4) is 0 Å². The third-order valence-electron chi connectivity index (χ3n) is 2.61. The number of alkyl halides is 3. The summed E-state index contributed by atoms with van der Waals surface area (Å²) in [6.07, 6.45) is -1.71. The maximum atomic E-state index is 12.7. The van der Waals surface area contributed by atoms with Gasteiger partial charge in [0.1, 0.15) is 5.69 Å². The van der Waals surface area contributed by atoms with E-state index in [2.05, 4.69) is 4.98 Å². The Balaban J connectivity index is 2.35. The van der Waals surface area contributed by atoms with E-state index in [9.17, 15) is 18.0 Å². The molecule has 104 valence electrons. The van der Waals surface area contributed by atoms with Crippen LogP contribution in [0.25, 0.3) is 12.2 Å². The molecule has 2 N–H and O–H groups in total. The molecule has 0 bridgehead atoms. The first-order valence-electron chi connectivity index (χ1n) is 5.64. The number of aromatic nitrogens is 1. The molecule has 0 saturated carbocycles. The fraction of sp³-hybridized carbons (Fsp3) is 0.0714. The number of hydrogen-bond acceptors (Lipinski definition) is 1. The molecular weight excluding hydrogens is 271 g/mol. The van der Waals surface area contributed by atoms with E-state index >= 15 is 0 Å². The largest absolute Gasteiger partial charge is 0.477 e. The lowest BCUT2D eigenvalue weighted by Crippen LogP contribution is -2.10. The maximum Gasteiger partial charge on any atom is 0.418 e. The molecule has 0 unspecified atom stereocenters. The summed E-state index contributed by atoms with van der Waals surface area (Å²) < 4.78 is 38.0. The summed E-state index contributed by atoms with van der Waals surface area (Å²) in [5.74, 6) is -1.64. The Labute approximate surface area is 112 Å². The molecule has 1 aromatic heterocycles. The molecule has 6 heteroatoms. The molecule has 0 spiro atoms. The van der Waals surface area contributed by atoms with Crippen LogP contribution in [0.4, 0.5) is 13.2 Å². The number of rotatable bonds is 3. The summed E-state index contributed by atoms with van der Waals surface area (Å²) in [7, 11) is 0. The summed E-state index contributed by atoms with van der Waals surface area (Å²) >= 11 is 0. The van der Waals surface area contributed by atoms with Crippen LogP contribution in [0.15, 0.2) is 36.4 Å². The zero-order valence-corrected chi connectivity index (χ0v) is 10.1. The van der Waals surface area contributed by atoms with Gasteiger partial charge in [-0.3, -0.25) is 0 Å². The minimum atomic E-state index is -4.71. The van der Waals surface area contributed by atoms with Crippen LogP contribution >= 0.6 is 0 Å². The van der Waals surface area contributed by atoms with Gasteiger partial charge in [0.25, 0.3) is 0 Å². The zero-order valence-electron chi connectivity index (χ0n) is 10.1. The molecule has 0 aliphatic rings. The number of halogens is 3. The Morgan fingerprint density at radius 3 is 2.30 bits per heavy atom. The number of H-pyrrole nitrogens is 1. The number of nitrogens with one attached hydrogen (secondary N) is 1. The number of aromatic carboxylic acids is 1. The van der Waals surface area contributed by atoms with Crippen LogP contribution in [0.5, 0.6) is 0 Å². The Kier molecular flexibility index (Phi) is 3.65. The van der Waals surface area contributed by atoms with Crippen LogP contribution in [-0.2, 0) is 6.18 Å². The standard InChI is InChI=1S/C14H10F3NO2/c15-14(16,17)11-8-10(18-12(11)13(19)20)7-6-9-4-2-1-3-5-9/h1-8,18H,(H,19,20)/b7-6+. The van der Waals surface area contributed by atoms with Gasteiger partial charge in [0.05, 0.1) is 5.56 Å². The Morgan fingerprint density at radius 2 is 1.80 bits per heavy atom. The van der Waals surface area contributed by atoms with Crippen molar-refractivity contribution in [3.8, 4) is 0 Å². The van der Waals surface area contributed by atoms with E-state index in [1.807, 2.05) is 6.07 Å². The number of carboxylic acid groups (broad SMARTS) is 1. The molecule has 1 aromatic carbocycles. The van der Waals surface area contributed by atoms with Gasteiger partial charge in [-0.15, -0.1) is 0 Å². The third kappa shape index (κ3) is 3.09. The molecule has 0 atom stereocenters. The van der Waals surface area contributed by atoms with Gasteiger partial charge in [0, 0.05) is 5.69 Å². The normalized spacial score (nSPS) is 11.9. The first kappa shape index (κ1) is 13.9. The van der Waals surface area contributed by atoms with Crippen molar-refractivity contribution in [2.75, 3.05) is 0 Å². The first-order valence-corrected chi connectivity index (χ1v) is 5.64. The summed E-state index contributed by atoms with van der Waals surface area (Å²) in [5, 5.41) is 8.77. The van der Waals surface area contributed by atoms with Gasteiger partial charge in [-0.1, -0.05) is 36.4 Å². The molecule has 0 aliphatic carbocycles. The van der Waals surface area contributed by atoms with E-state index in [1.54, 1.807) is 30.3 Å². The van der Waals surface area contributed by atoms with E-state index in [-0.39, 0.29) is 5.69 Å². The Morgan fingerprint density at radius 1 is 1.15 bits per heavy atom. The minimum absolute atomic E-state index is 0.0820. The lowest BCUT2D eigenvalue weighted by molar-refractivity contribution is -0.138. The Hall–Kier alpha value is -2.50. The highest BCUT2D eigenvalue weighted by Gasteiger charge is 2.37. The average Bonchev–Trinajstić information content (AvgIpc) is 2.82. The van der Waals surface area contributed by atoms with Crippen LogP contribution in [0, 0.1) is 0 Å². The van der Waals surface area contributed by atoms with Gasteiger partial charge < -0.3 is 10.1 Å². The number of carboxylic acids is 1. The van der Waals surface area contributed by atoms with Gasteiger partial charge in [-0.05, 0) is 17.7 Å². The monoisotopic (exact) mass is 281 g/mol. The second-order valence-corrected chi connectivity index (χ2v) is 4.06. The molecule has 0 radical (unpaired) electrons. The smallest absolute Gasteiger partial charge is 0.418 e. The van der Waals surface area contributed by atoms with Crippen molar-refractivity contribution in [2.45, 2.75) is 6.18 Å². The number of aromatic amines is 1. The van der Waals surface area contributed by atoms with E-state index in [0.29, 0.717) is 0 Å². The van der Waals surface area contributed by atoms with E-state index in [1.165, 1.54) is 6.08 Å². The number of carbonyl (C=O) groups is 1. The Bertz CT molecular complexity index is 642. The summed E-state index contributed by atoms with van der Waals surface area (Å²) in [6.45, 7) is 0. The quantitative estimate of drug-likeness (QED) is 0.896. The van der Waals surface area contributed by atoms with Crippen LogP contribution in [0.1, 0.15) is 27.3 Å². The highest BCUT2D eigenvalue weighted by molar-refractivity contribution is 5.88. The topological polar surface area (TPSA) is 53.1 Å². The van der Waals surface area contributed by atoms with Crippen molar-refractivity contribution >= 4 is 18.1 Å². The molecular formula is C14H10F3NO2. The molecule has 20 heavy (non-hydrogen) atoms. The highest BCUT2D eigenvalue weighted by atomic mass is 19.4. The molecule has 2 aromatic rings. The summed E-state index contributed by atoms with van der Waals surface area (Å²) in [4.78, 5) is 13.1.